The molecule has 4 heterocycles. The maximum absolute atomic E-state index is 6.85. The number of furan rings is 1. The van der Waals surface area contributed by atoms with Crippen LogP contribution in [0.3, 0.4) is 0 Å². The van der Waals surface area contributed by atoms with Crippen molar-refractivity contribution in [3.63, 3.8) is 0 Å². The fraction of sp³-hybridized carbons (Fsp3) is 0.226. The molecule has 0 saturated heterocycles. The number of rotatable bonds is 1. The molecule has 320 valence electrons. The van der Waals surface area contributed by atoms with Gasteiger partial charge in [-0.25, -0.2) is 0 Å². The molecule has 0 fully saturated rings. The van der Waals surface area contributed by atoms with Crippen LogP contribution in [-0.4, -0.2) is 11.4 Å². The smallest absolute Gasteiger partial charge is 0.333 e. The molecule has 10 aromatic rings. The van der Waals surface area contributed by atoms with Gasteiger partial charge in [0, 0.05) is 55.0 Å². The van der Waals surface area contributed by atoms with E-state index in [2.05, 4.69) is 218 Å². The number of nitrogens with zero attached hydrogens (tertiary/aromatic N) is 2. The average molecular weight is 853 g/mol. The van der Waals surface area contributed by atoms with Crippen molar-refractivity contribution in [1.82, 2.24) is 4.57 Å². The SMILES string of the molecule is CC(C)(C)c1ccc(N2B3c4cc5oc6ccccc6c5cc4-n4c5ccc(C(C)(C)C)cc5c5c6c(c(c3c54)-c3cc4c(cc32)C(C)(C)c2ccccc2-4)C(C)(C)c2ccccc2-6)cc1. The monoisotopic (exact) mass is 852 g/mol. The van der Waals surface area contributed by atoms with Crippen LogP contribution in [0.1, 0.15) is 103 Å². The van der Waals surface area contributed by atoms with Crippen LogP contribution in [0.5, 0.6) is 0 Å². The maximum atomic E-state index is 6.85. The summed E-state index contributed by atoms with van der Waals surface area (Å²) in [7, 11) is 0. The zero-order valence-electron chi connectivity index (χ0n) is 39.7. The summed E-state index contributed by atoms with van der Waals surface area (Å²) in [4.78, 5) is 2.72. The Bertz CT molecular complexity index is 3840. The van der Waals surface area contributed by atoms with Crippen molar-refractivity contribution in [2.75, 3.05) is 4.81 Å². The van der Waals surface area contributed by atoms with Gasteiger partial charge < -0.3 is 13.8 Å². The Hall–Kier alpha value is -6.78. The molecular weight excluding hydrogens is 800 g/mol. The molecule has 0 saturated carbocycles. The van der Waals surface area contributed by atoms with Gasteiger partial charge in [0.2, 0.25) is 0 Å². The van der Waals surface area contributed by atoms with Gasteiger partial charge >= 0.3 is 6.85 Å². The molecule has 66 heavy (non-hydrogen) atoms. The molecule has 2 aromatic heterocycles. The Balaban J connectivity index is 1.24. The molecule has 0 spiro atoms. The van der Waals surface area contributed by atoms with Crippen LogP contribution in [0.2, 0.25) is 0 Å². The van der Waals surface area contributed by atoms with Crippen molar-refractivity contribution in [2.24, 2.45) is 0 Å². The fourth-order valence-electron chi connectivity index (χ4n) is 13.1. The van der Waals surface area contributed by atoms with Crippen molar-refractivity contribution >= 4 is 72.9 Å². The number of aromatic nitrogens is 1. The molecule has 0 N–H and O–H groups in total. The van der Waals surface area contributed by atoms with E-state index < -0.39 is 0 Å². The Kier molecular flexibility index (Phi) is 7.09. The van der Waals surface area contributed by atoms with E-state index in [9.17, 15) is 0 Å². The largest absolute Gasteiger partial charge is 0.456 e. The molecule has 8 aromatic carbocycles. The van der Waals surface area contributed by atoms with Gasteiger partial charge in [-0.3, -0.25) is 0 Å². The topological polar surface area (TPSA) is 21.3 Å². The van der Waals surface area contributed by atoms with Crippen LogP contribution >= 0.6 is 0 Å². The minimum absolute atomic E-state index is 0.0199. The average Bonchev–Trinajstić information content (AvgIpc) is 3.97. The van der Waals surface area contributed by atoms with Crippen LogP contribution in [0.15, 0.2) is 144 Å². The lowest BCUT2D eigenvalue weighted by molar-refractivity contribution is 0.590. The third-order valence-electron chi connectivity index (χ3n) is 16.4. The fourth-order valence-corrected chi connectivity index (χ4v) is 13.1. The molecule has 4 heteroatoms. The van der Waals surface area contributed by atoms with E-state index in [4.69, 9.17) is 4.42 Å². The van der Waals surface area contributed by atoms with E-state index in [0.717, 1.165) is 21.9 Å². The Morgan fingerprint density at radius 3 is 1.91 bits per heavy atom. The van der Waals surface area contributed by atoms with Gasteiger partial charge in [0.05, 0.1) is 11.0 Å². The van der Waals surface area contributed by atoms with E-state index in [1.807, 2.05) is 0 Å². The van der Waals surface area contributed by atoms with Crippen molar-refractivity contribution < 1.29 is 4.42 Å². The normalized spacial score (nSPS) is 15.9. The van der Waals surface area contributed by atoms with E-state index in [1.54, 1.807) is 0 Å². The van der Waals surface area contributed by atoms with Gasteiger partial charge in [-0.05, 0) is 138 Å². The molecule has 2 aliphatic heterocycles. The minimum atomic E-state index is -0.278. The predicted octanol–water partition coefficient (Wildman–Crippen LogP) is 15.1. The van der Waals surface area contributed by atoms with Crippen molar-refractivity contribution in [1.29, 1.82) is 0 Å². The van der Waals surface area contributed by atoms with Gasteiger partial charge in [0.25, 0.3) is 0 Å². The number of hydrogen-bond donors (Lipinski definition) is 0. The quantitative estimate of drug-likeness (QED) is 0.153. The number of benzene rings is 8. The highest BCUT2D eigenvalue weighted by atomic mass is 16.3. The van der Waals surface area contributed by atoms with Gasteiger partial charge in [0.15, 0.2) is 0 Å². The molecule has 3 nitrogen and oxygen atoms in total. The maximum Gasteiger partial charge on any atom is 0.333 e. The number of para-hydroxylation sites is 1. The number of fused-ring (bicyclic) bond motifs is 19. The molecule has 0 atom stereocenters. The second-order valence-electron chi connectivity index (χ2n) is 22.9. The van der Waals surface area contributed by atoms with Crippen molar-refractivity contribution in [3.05, 3.63) is 173 Å². The summed E-state index contributed by atoms with van der Waals surface area (Å²) in [5, 5.41) is 4.99. The van der Waals surface area contributed by atoms with Gasteiger partial charge in [-0.1, -0.05) is 154 Å². The van der Waals surface area contributed by atoms with E-state index in [1.165, 1.54) is 117 Å². The summed E-state index contributed by atoms with van der Waals surface area (Å²) in [6.45, 7) is 23.6. The van der Waals surface area contributed by atoms with Crippen LogP contribution in [-0.2, 0) is 21.7 Å². The van der Waals surface area contributed by atoms with E-state index in [0.29, 0.717) is 0 Å². The second-order valence-corrected chi connectivity index (χ2v) is 22.9. The van der Waals surface area contributed by atoms with E-state index in [-0.39, 0.29) is 28.5 Å². The van der Waals surface area contributed by atoms with Crippen molar-refractivity contribution in [3.8, 4) is 39.1 Å². The molecule has 2 aliphatic carbocycles. The summed E-state index contributed by atoms with van der Waals surface area (Å²) in [5.41, 5.74) is 26.7. The number of anilines is 2. The highest BCUT2D eigenvalue weighted by Gasteiger charge is 2.51. The van der Waals surface area contributed by atoms with Gasteiger partial charge in [-0.15, -0.1) is 0 Å². The molecule has 0 bridgehead atoms. The van der Waals surface area contributed by atoms with Crippen LogP contribution in [0.25, 0.3) is 82.8 Å². The molecular formula is C62H53BN2O. The summed E-state index contributed by atoms with van der Waals surface area (Å²) in [5.74, 6) is 0. The lowest BCUT2D eigenvalue weighted by atomic mass is 9.43. The summed E-state index contributed by atoms with van der Waals surface area (Å²) >= 11 is 0. The molecule has 4 aliphatic rings. The van der Waals surface area contributed by atoms with Gasteiger partial charge in [-0.2, -0.15) is 0 Å². The zero-order valence-corrected chi connectivity index (χ0v) is 39.7. The minimum Gasteiger partial charge on any atom is -0.456 e. The van der Waals surface area contributed by atoms with Crippen LogP contribution < -0.4 is 15.7 Å². The lowest BCUT2D eigenvalue weighted by Gasteiger charge is -2.44. The lowest BCUT2D eigenvalue weighted by Crippen LogP contribution is -2.61. The Morgan fingerprint density at radius 1 is 0.500 bits per heavy atom. The molecule has 0 radical (unpaired) electrons. The van der Waals surface area contributed by atoms with Crippen LogP contribution in [0.4, 0.5) is 11.4 Å². The van der Waals surface area contributed by atoms with E-state index >= 15 is 0 Å². The summed E-state index contributed by atoms with van der Waals surface area (Å²) in [6.07, 6.45) is 0. The van der Waals surface area contributed by atoms with Crippen LogP contribution in [0, 0.1) is 0 Å². The molecule has 0 amide bonds. The zero-order chi connectivity index (χ0) is 45.1. The highest BCUT2D eigenvalue weighted by Crippen LogP contribution is 2.61. The predicted molar refractivity (Wildman–Crippen MR) is 280 cm³/mol. The third kappa shape index (κ3) is 4.65. The summed E-state index contributed by atoms with van der Waals surface area (Å²) < 4.78 is 9.51. The first-order valence-electron chi connectivity index (χ1n) is 24.0. The Labute approximate surface area is 387 Å². The Morgan fingerprint density at radius 2 is 1.17 bits per heavy atom. The first-order chi connectivity index (χ1) is 31.5. The molecule has 14 rings (SSSR count). The van der Waals surface area contributed by atoms with Crippen molar-refractivity contribution in [2.45, 2.75) is 90.9 Å². The summed E-state index contributed by atoms with van der Waals surface area (Å²) in [6, 6.07) is 53.9. The molecule has 0 unspecified atom stereocenters. The second kappa shape index (κ2) is 12.2. The first kappa shape index (κ1) is 38.5. The third-order valence-corrected chi connectivity index (χ3v) is 16.4. The highest BCUT2D eigenvalue weighted by molar-refractivity contribution is 6.94. The number of hydrogen-bond acceptors (Lipinski definition) is 2. The first-order valence-corrected chi connectivity index (χ1v) is 24.0. The van der Waals surface area contributed by atoms with Gasteiger partial charge in [0.1, 0.15) is 11.2 Å². The standard InChI is InChI=1S/C62H53BN2O/c1-59(2,3)34-23-26-36(27-24-34)65-49-32-46-40(37-17-11-14-20-44(37)61(46,7)8)30-43(49)55-56-53(39-19-12-15-21-45(39)62(56,9)10)54-42-29-35(60(4,5)6)25-28-48(42)64-50-31-41-38-18-13-16-22-51(38)66-52(41)33-47(50)63(65)57(55)58(54)64/h11-33H,1-10H3.